The fourth-order valence-electron chi connectivity index (χ4n) is 1.77. The van der Waals surface area contributed by atoms with Gasteiger partial charge >= 0.3 is 5.97 Å². The Morgan fingerprint density at radius 2 is 2.10 bits per heavy atom. The molecule has 1 atom stereocenters. The molecule has 1 unspecified atom stereocenters. The third-order valence-corrected chi connectivity index (χ3v) is 2.74. The number of nitrogens with zero attached hydrogens (tertiary/aromatic N) is 2. The van der Waals surface area contributed by atoms with Crippen LogP contribution in [0.15, 0.2) is 42.7 Å². The fourth-order valence-corrected chi connectivity index (χ4v) is 1.77. The van der Waals surface area contributed by atoms with E-state index < -0.39 is 12.1 Å². The second-order valence-electron chi connectivity index (χ2n) is 4.22. The maximum absolute atomic E-state index is 11.2. The van der Waals surface area contributed by atoms with Crippen molar-refractivity contribution in [2.24, 2.45) is 0 Å². The molecule has 2 N–H and O–H groups in total. The summed E-state index contributed by atoms with van der Waals surface area (Å²) < 4.78 is 6.86. The SMILES string of the molecule is O=C(O)C(OCCCO)c1cnn(-c2ccccc2)c1. The molecule has 0 spiro atoms. The van der Waals surface area contributed by atoms with E-state index >= 15 is 0 Å². The van der Waals surface area contributed by atoms with Crippen molar-refractivity contribution in [3.05, 3.63) is 48.3 Å². The Hall–Kier alpha value is -2.18. The minimum atomic E-state index is -1.07. The molecule has 1 heterocycles. The fraction of sp³-hybridized carbons (Fsp3) is 0.286. The number of aromatic nitrogens is 2. The number of carboxylic acid groups (broad SMARTS) is 1. The van der Waals surface area contributed by atoms with Gasteiger partial charge in [0, 0.05) is 18.4 Å². The lowest BCUT2D eigenvalue weighted by atomic mass is 10.2. The zero-order chi connectivity index (χ0) is 14.4. The van der Waals surface area contributed by atoms with Gasteiger partial charge in [-0.2, -0.15) is 5.10 Å². The molecular weight excluding hydrogens is 260 g/mol. The molecule has 0 bridgehead atoms. The molecule has 0 aliphatic rings. The first-order valence-corrected chi connectivity index (χ1v) is 6.27. The van der Waals surface area contributed by atoms with Crippen LogP contribution in [0.1, 0.15) is 18.1 Å². The third-order valence-electron chi connectivity index (χ3n) is 2.74. The zero-order valence-corrected chi connectivity index (χ0v) is 10.8. The maximum Gasteiger partial charge on any atom is 0.337 e. The monoisotopic (exact) mass is 276 g/mol. The number of carbonyl (C=O) groups is 1. The van der Waals surface area contributed by atoms with Crippen LogP contribution in [0.3, 0.4) is 0 Å². The van der Waals surface area contributed by atoms with E-state index in [0.717, 1.165) is 5.69 Å². The minimum absolute atomic E-state index is 0.0321. The van der Waals surface area contributed by atoms with E-state index in [1.165, 1.54) is 6.20 Å². The van der Waals surface area contributed by atoms with Crippen molar-refractivity contribution < 1.29 is 19.7 Å². The van der Waals surface area contributed by atoms with E-state index in [4.69, 9.17) is 9.84 Å². The summed E-state index contributed by atoms with van der Waals surface area (Å²) >= 11 is 0. The van der Waals surface area contributed by atoms with Crippen LogP contribution >= 0.6 is 0 Å². The number of aliphatic hydroxyl groups is 1. The van der Waals surface area contributed by atoms with E-state index in [1.54, 1.807) is 10.9 Å². The Bertz CT molecular complexity index is 553. The number of aliphatic hydroxyl groups excluding tert-OH is 1. The quantitative estimate of drug-likeness (QED) is 0.747. The van der Waals surface area contributed by atoms with Crippen molar-refractivity contribution in [2.75, 3.05) is 13.2 Å². The first kappa shape index (κ1) is 14.2. The minimum Gasteiger partial charge on any atom is -0.479 e. The standard InChI is InChI=1S/C14H16N2O4/c17-7-4-8-20-13(14(18)19)11-9-15-16(10-11)12-5-2-1-3-6-12/h1-3,5-6,9-10,13,17H,4,7-8H2,(H,18,19). The Morgan fingerprint density at radius 3 is 2.75 bits per heavy atom. The van der Waals surface area contributed by atoms with Crippen LogP contribution in [0.5, 0.6) is 0 Å². The number of carboxylic acids is 1. The lowest BCUT2D eigenvalue weighted by molar-refractivity contribution is -0.151. The molecule has 0 aliphatic heterocycles. The average Bonchev–Trinajstić information content (AvgIpc) is 2.93. The second-order valence-corrected chi connectivity index (χ2v) is 4.22. The van der Waals surface area contributed by atoms with Gasteiger partial charge in [0.05, 0.1) is 18.5 Å². The van der Waals surface area contributed by atoms with Crippen molar-refractivity contribution in [1.29, 1.82) is 0 Å². The highest BCUT2D eigenvalue weighted by Crippen LogP contribution is 2.19. The number of hydrogen-bond acceptors (Lipinski definition) is 4. The van der Waals surface area contributed by atoms with Gasteiger partial charge in [0.2, 0.25) is 0 Å². The van der Waals surface area contributed by atoms with E-state index in [-0.39, 0.29) is 13.2 Å². The summed E-state index contributed by atoms with van der Waals surface area (Å²) in [6.07, 6.45) is 2.44. The Balaban J connectivity index is 2.14. The molecule has 6 nitrogen and oxygen atoms in total. The molecule has 2 aromatic rings. The highest BCUT2D eigenvalue weighted by atomic mass is 16.5. The summed E-state index contributed by atoms with van der Waals surface area (Å²) in [5.41, 5.74) is 1.32. The summed E-state index contributed by atoms with van der Waals surface area (Å²) in [5, 5.41) is 22.0. The molecule has 0 amide bonds. The van der Waals surface area contributed by atoms with Gasteiger partial charge in [-0.15, -0.1) is 0 Å². The van der Waals surface area contributed by atoms with Crippen molar-refractivity contribution in [3.63, 3.8) is 0 Å². The molecule has 1 aromatic heterocycles. The van der Waals surface area contributed by atoms with E-state index in [9.17, 15) is 9.90 Å². The lowest BCUT2D eigenvalue weighted by Gasteiger charge is -2.11. The number of hydrogen-bond donors (Lipinski definition) is 2. The number of benzene rings is 1. The smallest absolute Gasteiger partial charge is 0.337 e. The molecule has 6 heteroatoms. The number of rotatable bonds is 7. The van der Waals surface area contributed by atoms with Gasteiger partial charge in [0.25, 0.3) is 0 Å². The van der Waals surface area contributed by atoms with Gasteiger partial charge < -0.3 is 14.9 Å². The highest BCUT2D eigenvalue weighted by molar-refractivity contribution is 5.74. The largest absolute Gasteiger partial charge is 0.479 e. The Kier molecular flexibility index (Phi) is 4.86. The van der Waals surface area contributed by atoms with Gasteiger partial charge in [-0.05, 0) is 18.6 Å². The summed E-state index contributed by atoms with van der Waals surface area (Å²) in [6.45, 7) is 0.152. The van der Waals surface area contributed by atoms with Gasteiger partial charge in [-0.3, -0.25) is 0 Å². The molecule has 106 valence electrons. The molecule has 0 saturated heterocycles. The molecule has 0 saturated carbocycles. The molecular formula is C14H16N2O4. The first-order chi connectivity index (χ1) is 9.72. The van der Waals surface area contributed by atoms with Gasteiger partial charge in [-0.1, -0.05) is 18.2 Å². The third kappa shape index (κ3) is 3.43. The Morgan fingerprint density at radius 1 is 1.35 bits per heavy atom. The molecule has 20 heavy (non-hydrogen) atoms. The predicted octanol–water partition coefficient (Wildman–Crippen LogP) is 1.40. The molecule has 0 aliphatic carbocycles. The normalized spacial score (nSPS) is 12.2. The van der Waals surface area contributed by atoms with Crippen LogP contribution in [0.2, 0.25) is 0 Å². The summed E-state index contributed by atoms with van der Waals surface area (Å²) in [7, 11) is 0. The van der Waals surface area contributed by atoms with Crippen molar-refractivity contribution in [1.82, 2.24) is 9.78 Å². The topological polar surface area (TPSA) is 84.6 Å². The van der Waals surface area contributed by atoms with Gasteiger partial charge in [0.15, 0.2) is 6.10 Å². The van der Waals surface area contributed by atoms with Crippen LogP contribution in [-0.2, 0) is 9.53 Å². The van der Waals surface area contributed by atoms with Gasteiger partial charge in [-0.25, -0.2) is 9.48 Å². The number of aliphatic carboxylic acids is 1. The Labute approximate surface area is 116 Å². The van der Waals surface area contributed by atoms with Crippen LogP contribution in [0, 0.1) is 0 Å². The summed E-state index contributed by atoms with van der Waals surface area (Å²) in [4.78, 5) is 11.2. The van der Waals surface area contributed by atoms with E-state index in [1.807, 2.05) is 30.3 Å². The van der Waals surface area contributed by atoms with E-state index in [2.05, 4.69) is 5.10 Å². The number of para-hydroxylation sites is 1. The summed E-state index contributed by atoms with van der Waals surface area (Å²) in [5.74, 6) is -1.07. The van der Waals surface area contributed by atoms with Crippen molar-refractivity contribution in [3.8, 4) is 5.69 Å². The highest BCUT2D eigenvalue weighted by Gasteiger charge is 2.22. The number of ether oxygens (including phenoxy) is 1. The first-order valence-electron chi connectivity index (χ1n) is 6.27. The average molecular weight is 276 g/mol. The van der Waals surface area contributed by atoms with Crippen LogP contribution in [-0.4, -0.2) is 39.2 Å². The van der Waals surface area contributed by atoms with Crippen molar-refractivity contribution >= 4 is 5.97 Å². The van der Waals surface area contributed by atoms with Crippen LogP contribution < -0.4 is 0 Å². The summed E-state index contributed by atoms with van der Waals surface area (Å²) in [6, 6.07) is 9.40. The van der Waals surface area contributed by atoms with Crippen LogP contribution in [0.4, 0.5) is 0 Å². The second kappa shape index (κ2) is 6.83. The van der Waals surface area contributed by atoms with Crippen molar-refractivity contribution in [2.45, 2.75) is 12.5 Å². The molecule has 1 aromatic carbocycles. The van der Waals surface area contributed by atoms with Gasteiger partial charge in [0.1, 0.15) is 0 Å². The molecule has 0 radical (unpaired) electrons. The zero-order valence-electron chi connectivity index (χ0n) is 10.8. The molecule has 2 rings (SSSR count). The predicted molar refractivity (Wildman–Crippen MR) is 71.6 cm³/mol. The van der Waals surface area contributed by atoms with Crippen LogP contribution in [0.25, 0.3) is 5.69 Å². The maximum atomic E-state index is 11.2. The lowest BCUT2D eigenvalue weighted by Crippen LogP contribution is -2.16. The van der Waals surface area contributed by atoms with E-state index in [0.29, 0.717) is 12.0 Å². The molecule has 0 fully saturated rings.